The van der Waals surface area contributed by atoms with E-state index in [1.54, 1.807) is 30.3 Å². The van der Waals surface area contributed by atoms with E-state index in [0.717, 1.165) is 21.3 Å². The van der Waals surface area contributed by atoms with E-state index >= 15 is 0 Å². The number of hydrogen-bond acceptors (Lipinski definition) is 10. The topological polar surface area (TPSA) is 189 Å². The summed E-state index contributed by atoms with van der Waals surface area (Å²) in [6, 6.07) is 12.1. The van der Waals surface area contributed by atoms with Crippen molar-refractivity contribution in [2.45, 2.75) is 6.54 Å². The van der Waals surface area contributed by atoms with Gasteiger partial charge < -0.3 is 20.9 Å². The number of esters is 1. The van der Waals surface area contributed by atoms with Gasteiger partial charge in [0.05, 0.1) is 23.6 Å². The summed E-state index contributed by atoms with van der Waals surface area (Å²) < 4.78 is 6.82. The molecule has 0 aliphatic heterocycles. The Kier molecular flexibility index (Phi) is 7.96. The maximum atomic E-state index is 12.9. The minimum absolute atomic E-state index is 0.00668. The van der Waals surface area contributed by atoms with Crippen molar-refractivity contribution in [3.05, 3.63) is 96.2 Å². The number of carbonyl (C=O) groups excluding carboxylic acids is 2. The lowest BCUT2D eigenvalue weighted by molar-refractivity contribution is -0.384. The number of nitrogens with one attached hydrogen (secondary N) is 1. The largest absolute Gasteiger partial charge is 0.454 e. The molecule has 36 heavy (non-hydrogen) atoms. The fourth-order valence-corrected chi connectivity index (χ4v) is 3.40. The Morgan fingerprint density at radius 3 is 2.50 bits per heavy atom. The van der Waals surface area contributed by atoms with Gasteiger partial charge in [-0.25, -0.2) is 9.59 Å². The summed E-state index contributed by atoms with van der Waals surface area (Å²) in [5, 5.41) is 22.8. The lowest BCUT2D eigenvalue weighted by Crippen LogP contribution is -2.43. The number of ketones is 1. The van der Waals surface area contributed by atoms with Gasteiger partial charge >= 0.3 is 11.7 Å². The molecule has 3 aromatic rings. The summed E-state index contributed by atoms with van der Waals surface area (Å²) in [4.78, 5) is 61.2. The second-order valence-electron chi connectivity index (χ2n) is 7.62. The van der Waals surface area contributed by atoms with Crippen molar-refractivity contribution < 1.29 is 24.4 Å². The number of ether oxygens (including phenoxy) is 1. The SMILES string of the molecule is Cn1c(=O)c(C(=O)COC(=O)c2cc([N+](=O)[O-])ccc2NCCO)c(N)n(Cc2ccccc2)c1=O. The van der Waals surface area contributed by atoms with Gasteiger partial charge in [0.15, 0.2) is 6.61 Å². The minimum atomic E-state index is -1.08. The predicted molar refractivity (Wildman–Crippen MR) is 129 cm³/mol. The van der Waals surface area contributed by atoms with Crippen molar-refractivity contribution in [3.8, 4) is 0 Å². The van der Waals surface area contributed by atoms with Crippen LogP contribution >= 0.6 is 0 Å². The number of hydrogen-bond donors (Lipinski definition) is 3. The standard InChI is InChI=1S/C23H23N5O8/c1-26-21(31)19(20(24)27(23(26)33)12-14-5-3-2-4-6-14)18(30)13-36-22(32)16-11-15(28(34)35)7-8-17(16)25-9-10-29/h2-8,11,25,29H,9-10,12-13,24H2,1H3. The molecule has 1 aromatic heterocycles. The molecule has 0 fully saturated rings. The molecule has 3 rings (SSSR count). The van der Waals surface area contributed by atoms with Crippen molar-refractivity contribution in [1.29, 1.82) is 0 Å². The third-order valence-electron chi connectivity index (χ3n) is 5.24. The number of anilines is 2. The molecule has 4 N–H and O–H groups in total. The first-order valence-electron chi connectivity index (χ1n) is 10.6. The highest BCUT2D eigenvalue weighted by Crippen LogP contribution is 2.23. The number of nitro benzene ring substituents is 1. The fraction of sp³-hybridized carbons (Fsp3) is 0.217. The minimum Gasteiger partial charge on any atom is -0.454 e. The molecular weight excluding hydrogens is 474 g/mol. The Morgan fingerprint density at radius 2 is 1.86 bits per heavy atom. The normalized spacial score (nSPS) is 10.6. The van der Waals surface area contributed by atoms with Crippen LogP contribution in [0, 0.1) is 10.1 Å². The third kappa shape index (κ3) is 5.47. The van der Waals surface area contributed by atoms with Gasteiger partial charge in [-0.3, -0.25) is 28.8 Å². The first kappa shape index (κ1) is 25.8. The average molecular weight is 497 g/mol. The summed E-state index contributed by atoms with van der Waals surface area (Å²) in [6.45, 7) is -1.14. The molecule has 0 spiro atoms. The zero-order chi connectivity index (χ0) is 26.4. The fourth-order valence-electron chi connectivity index (χ4n) is 3.40. The Bertz CT molecular complexity index is 1430. The molecule has 0 bridgehead atoms. The molecule has 188 valence electrons. The molecule has 0 aliphatic rings. The molecule has 1 heterocycles. The number of rotatable bonds is 10. The quantitative estimate of drug-likeness (QED) is 0.154. The lowest BCUT2D eigenvalue weighted by atomic mass is 10.1. The molecule has 0 saturated carbocycles. The van der Waals surface area contributed by atoms with E-state index in [2.05, 4.69) is 5.32 Å². The van der Waals surface area contributed by atoms with Crippen LogP contribution in [0.4, 0.5) is 17.2 Å². The van der Waals surface area contributed by atoms with E-state index < -0.39 is 45.8 Å². The maximum absolute atomic E-state index is 12.9. The van der Waals surface area contributed by atoms with E-state index in [1.807, 2.05) is 0 Å². The molecular formula is C23H23N5O8. The number of benzene rings is 2. The first-order chi connectivity index (χ1) is 17.1. The van der Waals surface area contributed by atoms with Crippen molar-refractivity contribution >= 4 is 28.9 Å². The van der Waals surface area contributed by atoms with Crippen LogP contribution in [0.2, 0.25) is 0 Å². The van der Waals surface area contributed by atoms with Crippen molar-refractivity contribution in [2.75, 3.05) is 30.8 Å². The van der Waals surface area contributed by atoms with Crippen LogP contribution in [-0.2, 0) is 18.3 Å². The molecule has 0 atom stereocenters. The summed E-state index contributed by atoms with van der Waals surface area (Å²) >= 11 is 0. The average Bonchev–Trinajstić information content (AvgIpc) is 2.87. The van der Waals surface area contributed by atoms with Gasteiger partial charge in [0, 0.05) is 31.4 Å². The van der Waals surface area contributed by atoms with Gasteiger partial charge in [-0.1, -0.05) is 30.3 Å². The smallest absolute Gasteiger partial charge is 0.340 e. The molecule has 0 aliphatic carbocycles. The molecule has 2 aromatic carbocycles. The number of nitrogen functional groups attached to an aromatic ring is 1. The first-order valence-corrected chi connectivity index (χ1v) is 10.6. The highest BCUT2D eigenvalue weighted by Gasteiger charge is 2.24. The monoisotopic (exact) mass is 497 g/mol. The number of carbonyl (C=O) groups is 2. The Balaban J connectivity index is 1.89. The lowest BCUT2D eigenvalue weighted by Gasteiger charge is -2.15. The number of nitro groups is 1. The van der Waals surface area contributed by atoms with E-state index in [0.29, 0.717) is 5.56 Å². The Labute approximate surface area is 203 Å². The second kappa shape index (κ2) is 11.1. The van der Waals surface area contributed by atoms with E-state index in [-0.39, 0.29) is 36.8 Å². The summed E-state index contributed by atoms with van der Waals surface area (Å²) in [6.07, 6.45) is 0. The molecule has 13 heteroatoms. The van der Waals surface area contributed by atoms with Gasteiger partial charge in [0.2, 0.25) is 5.78 Å². The number of aliphatic hydroxyl groups is 1. The van der Waals surface area contributed by atoms with Gasteiger partial charge in [0.1, 0.15) is 11.4 Å². The van der Waals surface area contributed by atoms with Gasteiger partial charge in [0.25, 0.3) is 11.2 Å². The summed E-state index contributed by atoms with van der Waals surface area (Å²) in [7, 11) is 1.19. The Hall–Kier alpha value is -4.78. The van der Waals surface area contributed by atoms with Gasteiger partial charge in [-0.2, -0.15) is 0 Å². The summed E-state index contributed by atoms with van der Waals surface area (Å²) in [5.41, 5.74) is 4.01. The molecule has 0 saturated heterocycles. The van der Waals surface area contributed by atoms with E-state index in [4.69, 9.17) is 15.6 Å². The number of aliphatic hydroxyl groups excluding tert-OH is 1. The molecule has 13 nitrogen and oxygen atoms in total. The van der Waals surface area contributed by atoms with E-state index in [1.165, 1.54) is 13.1 Å². The number of non-ortho nitro benzene ring substituents is 1. The zero-order valence-electron chi connectivity index (χ0n) is 19.2. The van der Waals surface area contributed by atoms with E-state index in [9.17, 15) is 29.3 Å². The van der Waals surface area contributed by atoms with Crippen LogP contribution in [0.25, 0.3) is 0 Å². The second-order valence-corrected chi connectivity index (χ2v) is 7.62. The summed E-state index contributed by atoms with van der Waals surface area (Å²) in [5.74, 6) is -2.42. The highest BCUT2D eigenvalue weighted by molar-refractivity contribution is 6.03. The highest BCUT2D eigenvalue weighted by atomic mass is 16.6. The van der Waals surface area contributed by atoms with Crippen LogP contribution in [0.5, 0.6) is 0 Å². The maximum Gasteiger partial charge on any atom is 0.340 e. The van der Waals surface area contributed by atoms with Crippen molar-refractivity contribution in [2.24, 2.45) is 7.05 Å². The number of nitrogens with two attached hydrogens (primary N) is 1. The van der Waals surface area contributed by atoms with Gasteiger partial charge in [-0.05, 0) is 11.6 Å². The van der Waals surface area contributed by atoms with Crippen molar-refractivity contribution in [1.82, 2.24) is 9.13 Å². The number of Topliss-reactive ketones (excluding diaryl/α,β-unsaturated/α-hetero) is 1. The third-order valence-corrected chi connectivity index (χ3v) is 5.24. The molecule has 0 amide bonds. The zero-order valence-corrected chi connectivity index (χ0v) is 19.2. The van der Waals surface area contributed by atoms with Crippen LogP contribution in [0.3, 0.4) is 0 Å². The molecule has 0 radical (unpaired) electrons. The van der Waals surface area contributed by atoms with Crippen LogP contribution in [0.1, 0.15) is 26.3 Å². The van der Waals surface area contributed by atoms with Gasteiger partial charge in [-0.15, -0.1) is 0 Å². The van der Waals surface area contributed by atoms with Crippen LogP contribution in [-0.4, -0.2) is 50.7 Å². The van der Waals surface area contributed by atoms with Crippen LogP contribution in [0.15, 0.2) is 58.1 Å². The van der Waals surface area contributed by atoms with Crippen LogP contribution < -0.4 is 22.3 Å². The Morgan fingerprint density at radius 1 is 1.17 bits per heavy atom. The van der Waals surface area contributed by atoms with Crippen molar-refractivity contribution in [3.63, 3.8) is 0 Å². The molecule has 0 unspecified atom stereocenters. The predicted octanol–water partition coefficient (Wildman–Crippen LogP) is 0.530. The number of nitrogens with zero attached hydrogens (tertiary/aromatic N) is 3. The number of aromatic nitrogens is 2.